The van der Waals surface area contributed by atoms with Crippen molar-refractivity contribution in [2.45, 2.75) is 13.0 Å². The van der Waals surface area contributed by atoms with E-state index in [0.717, 1.165) is 5.52 Å². The molecule has 1 aromatic heterocycles. The molecule has 1 saturated heterocycles. The number of H-pyrrole nitrogens is 1. The molecule has 30 heavy (non-hydrogen) atoms. The number of hydrogen-bond acceptors (Lipinski definition) is 4. The van der Waals surface area contributed by atoms with E-state index in [-0.39, 0.29) is 34.3 Å². The van der Waals surface area contributed by atoms with Crippen molar-refractivity contribution in [1.29, 1.82) is 0 Å². The number of rotatable bonds is 4. The van der Waals surface area contributed by atoms with E-state index >= 15 is 0 Å². The number of imidazole rings is 1. The molecule has 1 fully saturated rings. The van der Waals surface area contributed by atoms with Crippen LogP contribution in [-0.2, 0) is 11.2 Å². The lowest BCUT2D eigenvalue weighted by Gasteiger charge is -2.15. The average molecular weight is 465 g/mol. The Labute approximate surface area is 185 Å². The molecule has 1 aliphatic rings. The molecule has 0 radical (unpaired) electrons. The molecule has 7 nitrogen and oxygen atoms in total. The second kappa shape index (κ2) is 8.47. The Kier molecular flexibility index (Phi) is 5.92. The Morgan fingerprint density at radius 2 is 2.07 bits per heavy atom. The van der Waals surface area contributed by atoms with Crippen LogP contribution in [0.4, 0.5) is 0 Å². The number of carbonyl (C=O) groups excluding carboxylic acids is 2. The summed E-state index contributed by atoms with van der Waals surface area (Å²) in [6.45, 7) is 2.24. The van der Waals surface area contributed by atoms with Gasteiger partial charge in [0, 0.05) is 10.6 Å². The van der Waals surface area contributed by atoms with Crippen molar-refractivity contribution in [3.05, 3.63) is 63.4 Å². The number of halogens is 2. The summed E-state index contributed by atoms with van der Waals surface area (Å²) < 4.78 is 11.5. The van der Waals surface area contributed by atoms with E-state index in [0.29, 0.717) is 34.2 Å². The van der Waals surface area contributed by atoms with Gasteiger partial charge in [-0.3, -0.25) is 14.5 Å². The van der Waals surface area contributed by atoms with Gasteiger partial charge in [-0.15, -0.1) is 0 Å². The van der Waals surface area contributed by atoms with Crippen LogP contribution >= 0.6 is 23.2 Å². The summed E-state index contributed by atoms with van der Waals surface area (Å²) >= 11 is 11.2. The average Bonchev–Trinajstić information content (AvgIpc) is 3.33. The highest BCUT2D eigenvalue weighted by molar-refractivity contribution is 7.91. The Hall–Kier alpha value is -2.26. The fraction of sp³-hybridized carbons (Fsp3) is 0.250. The number of aromatic nitrogens is 2. The van der Waals surface area contributed by atoms with Crippen molar-refractivity contribution in [3.8, 4) is 0 Å². The van der Waals surface area contributed by atoms with Crippen LogP contribution < -0.4 is 5.32 Å². The van der Waals surface area contributed by atoms with Crippen molar-refractivity contribution < 1.29 is 14.1 Å². The number of aromatic amines is 1. The summed E-state index contributed by atoms with van der Waals surface area (Å²) in [6.07, 6.45) is 0. The third-order valence-corrected chi connectivity index (χ3v) is 6.64. The standard InChI is InChI=1S/C20H18Cl2N4O3S/c1-11(18-24-16-5-3-13(21)9-17(16)25-18)23-19(27)12-2-4-14(15(22)8-12)20(28)26-6-7-30(29)10-26/h2-5,8-9,11H,6-7,10H2,1H3,(H,23,27)(H,24,25). The monoisotopic (exact) mass is 464 g/mol. The van der Waals surface area contributed by atoms with E-state index in [2.05, 4.69) is 15.3 Å². The van der Waals surface area contributed by atoms with E-state index in [1.807, 2.05) is 13.0 Å². The van der Waals surface area contributed by atoms with Gasteiger partial charge in [0.2, 0.25) is 0 Å². The minimum absolute atomic E-state index is 0.177. The predicted octanol–water partition coefficient (Wildman–Crippen LogP) is 3.52. The van der Waals surface area contributed by atoms with E-state index in [1.54, 1.807) is 18.2 Å². The molecule has 2 unspecified atom stereocenters. The maximum atomic E-state index is 12.7. The normalized spacial score (nSPS) is 17.3. The molecule has 2 heterocycles. The summed E-state index contributed by atoms with van der Waals surface area (Å²) in [7, 11) is 0. The van der Waals surface area contributed by atoms with Gasteiger partial charge in [0.15, 0.2) is 5.88 Å². The molecule has 2 N–H and O–H groups in total. The summed E-state index contributed by atoms with van der Waals surface area (Å²) in [5, 5.41) is 3.63. The van der Waals surface area contributed by atoms with Crippen LogP contribution in [0.5, 0.6) is 0 Å². The zero-order chi connectivity index (χ0) is 21.4. The van der Waals surface area contributed by atoms with Crippen LogP contribution in [-0.4, -0.2) is 49.4 Å². The zero-order valence-corrected chi connectivity index (χ0v) is 18.3. The molecule has 0 bridgehead atoms. The van der Waals surface area contributed by atoms with Gasteiger partial charge in [-0.05, 0) is 54.5 Å². The highest BCUT2D eigenvalue weighted by atomic mass is 35.5. The molecule has 3 aromatic rings. The first-order valence-corrected chi connectivity index (χ1v) is 11.5. The summed E-state index contributed by atoms with van der Waals surface area (Å²) in [5.74, 6) is 0.643. The van der Waals surface area contributed by atoms with Crippen LogP contribution in [0.15, 0.2) is 36.4 Å². The second-order valence-electron chi connectivity index (χ2n) is 7.01. The Balaban J connectivity index is 1.47. The number of hydrogen-bond donors (Lipinski definition) is 2. The number of amides is 2. The molecule has 4 rings (SSSR count). The SMILES string of the molecule is CC(NC(=O)c1ccc(C(=O)N2CC[S+]([O-])C2)c(Cl)c1)c1nc2cc(Cl)ccc2[nH]1. The Morgan fingerprint density at radius 1 is 1.27 bits per heavy atom. The van der Waals surface area contributed by atoms with Crippen LogP contribution in [0.25, 0.3) is 11.0 Å². The molecule has 1 aliphatic heterocycles. The number of nitrogens with zero attached hydrogens (tertiary/aromatic N) is 2. The molecule has 0 spiro atoms. The second-order valence-corrected chi connectivity index (χ2v) is 9.40. The Bertz CT molecular complexity index is 1140. The zero-order valence-electron chi connectivity index (χ0n) is 15.9. The molecular formula is C20H18Cl2N4O3S. The van der Waals surface area contributed by atoms with E-state index in [1.165, 1.54) is 17.0 Å². The third-order valence-electron chi connectivity index (χ3n) is 4.86. The quantitative estimate of drug-likeness (QED) is 0.576. The minimum atomic E-state index is -1.02. The van der Waals surface area contributed by atoms with Crippen LogP contribution in [0.3, 0.4) is 0 Å². The maximum absolute atomic E-state index is 12.7. The highest BCUT2D eigenvalue weighted by Crippen LogP contribution is 2.23. The fourth-order valence-corrected chi connectivity index (χ4v) is 4.80. The van der Waals surface area contributed by atoms with Crippen molar-refractivity contribution in [2.75, 3.05) is 18.2 Å². The van der Waals surface area contributed by atoms with Gasteiger partial charge < -0.3 is 14.9 Å². The largest absolute Gasteiger partial charge is 0.615 e. The van der Waals surface area contributed by atoms with Crippen LogP contribution in [0, 0.1) is 0 Å². The van der Waals surface area contributed by atoms with Gasteiger partial charge in [0.1, 0.15) is 11.6 Å². The fourth-order valence-electron chi connectivity index (χ4n) is 3.23. The number of carbonyl (C=O) groups is 2. The Morgan fingerprint density at radius 3 is 2.77 bits per heavy atom. The molecule has 0 aliphatic carbocycles. The lowest BCUT2D eigenvalue weighted by molar-refractivity contribution is 0.0801. The summed E-state index contributed by atoms with van der Waals surface area (Å²) in [4.78, 5) is 34.4. The number of fused-ring (bicyclic) bond motifs is 1. The molecule has 2 aromatic carbocycles. The molecule has 2 atom stereocenters. The molecular weight excluding hydrogens is 447 g/mol. The van der Waals surface area contributed by atoms with E-state index in [9.17, 15) is 14.1 Å². The van der Waals surface area contributed by atoms with Crippen LogP contribution in [0.2, 0.25) is 10.0 Å². The first kappa shape index (κ1) is 21.0. The lowest BCUT2D eigenvalue weighted by Crippen LogP contribution is -2.30. The van der Waals surface area contributed by atoms with Gasteiger partial charge >= 0.3 is 0 Å². The molecule has 2 amide bonds. The smallest absolute Gasteiger partial charge is 0.259 e. The lowest BCUT2D eigenvalue weighted by atomic mass is 10.1. The molecule has 10 heteroatoms. The van der Waals surface area contributed by atoms with E-state index in [4.69, 9.17) is 23.2 Å². The van der Waals surface area contributed by atoms with Gasteiger partial charge in [-0.2, -0.15) is 0 Å². The predicted molar refractivity (Wildman–Crippen MR) is 117 cm³/mol. The number of benzene rings is 2. The maximum Gasteiger partial charge on any atom is 0.259 e. The third kappa shape index (κ3) is 4.27. The van der Waals surface area contributed by atoms with Gasteiger partial charge in [-0.1, -0.05) is 23.2 Å². The van der Waals surface area contributed by atoms with Gasteiger partial charge in [0.05, 0.1) is 34.2 Å². The summed E-state index contributed by atoms with van der Waals surface area (Å²) in [6, 6.07) is 9.48. The topological polar surface area (TPSA) is 101 Å². The summed E-state index contributed by atoms with van der Waals surface area (Å²) in [5.41, 5.74) is 2.15. The van der Waals surface area contributed by atoms with Gasteiger partial charge in [0.25, 0.3) is 11.8 Å². The van der Waals surface area contributed by atoms with Crippen LogP contribution in [0.1, 0.15) is 39.5 Å². The highest BCUT2D eigenvalue weighted by Gasteiger charge is 2.29. The van der Waals surface area contributed by atoms with E-state index < -0.39 is 11.2 Å². The first-order valence-electron chi connectivity index (χ1n) is 9.21. The first-order chi connectivity index (χ1) is 14.3. The van der Waals surface area contributed by atoms with Crippen molar-refractivity contribution in [2.24, 2.45) is 0 Å². The number of nitrogens with one attached hydrogen (secondary N) is 2. The van der Waals surface area contributed by atoms with Gasteiger partial charge in [-0.25, -0.2) is 4.98 Å². The molecule has 0 saturated carbocycles. The molecule has 156 valence electrons. The van der Waals surface area contributed by atoms with Crippen molar-refractivity contribution in [1.82, 2.24) is 20.2 Å². The van der Waals surface area contributed by atoms with Crippen molar-refractivity contribution in [3.63, 3.8) is 0 Å². The van der Waals surface area contributed by atoms with Crippen molar-refractivity contribution >= 4 is 57.2 Å². The minimum Gasteiger partial charge on any atom is -0.615 e.